The van der Waals surface area contributed by atoms with Crippen LogP contribution in [0.1, 0.15) is 15.9 Å². The van der Waals surface area contributed by atoms with Crippen molar-refractivity contribution in [1.29, 1.82) is 0 Å². The predicted molar refractivity (Wildman–Crippen MR) is 69.5 cm³/mol. The van der Waals surface area contributed by atoms with Gasteiger partial charge >= 0.3 is 0 Å². The van der Waals surface area contributed by atoms with Crippen molar-refractivity contribution in [3.05, 3.63) is 40.5 Å². The van der Waals surface area contributed by atoms with E-state index in [1.165, 1.54) is 11.1 Å². The number of hydrogen-bond acceptors (Lipinski definition) is 2. The molecule has 0 unspecified atom stereocenters. The van der Waals surface area contributed by atoms with Crippen LogP contribution in [-0.2, 0) is 0 Å². The molecule has 0 aliphatic heterocycles. The Morgan fingerprint density at radius 3 is 2.71 bits per heavy atom. The molecule has 0 spiro atoms. The molecule has 1 aromatic carbocycles. The minimum Gasteiger partial charge on any atom is -0.345 e. The Morgan fingerprint density at radius 1 is 1.35 bits per heavy atom. The largest absolute Gasteiger partial charge is 0.345 e. The Kier molecular flexibility index (Phi) is 3.03. The molecular weight excluding hydrogens is 236 g/mol. The number of rotatable bonds is 1. The zero-order chi connectivity index (χ0) is 12.6. The predicted octanol–water partition coefficient (Wildman–Crippen LogP) is 2.90. The van der Waals surface area contributed by atoms with Gasteiger partial charge in [-0.25, -0.2) is 0 Å². The molecule has 0 fully saturated rings. The second-order valence-electron chi connectivity index (χ2n) is 4.21. The molecule has 1 amide bonds. The van der Waals surface area contributed by atoms with Crippen molar-refractivity contribution in [2.24, 2.45) is 0 Å². The Morgan fingerprint density at radius 2 is 2.06 bits per heavy atom. The van der Waals surface area contributed by atoms with Gasteiger partial charge in [0.1, 0.15) is 0 Å². The summed E-state index contributed by atoms with van der Waals surface area (Å²) in [6.07, 6.45) is 1.53. The van der Waals surface area contributed by atoms with E-state index in [0.717, 1.165) is 16.5 Å². The highest BCUT2D eigenvalue weighted by molar-refractivity contribution is 6.38. The van der Waals surface area contributed by atoms with Crippen LogP contribution in [0.2, 0.25) is 5.02 Å². The molecule has 0 aliphatic rings. The fraction of sp³-hybridized carbons (Fsp3) is 0.231. The van der Waals surface area contributed by atoms with Gasteiger partial charge in [-0.05, 0) is 19.1 Å². The lowest BCUT2D eigenvalue weighted by molar-refractivity contribution is 0.0827. The molecule has 0 N–H and O–H groups in total. The lowest BCUT2D eigenvalue weighted by atomic mass is 10.1. The summed E-state index contributed by atoms with van der Waals surface area (Å²) in [7, 11) is 3.39. The van der Waals surface area contributed by atoms with Gasteiger partial charge in [0, 0.05) is 25.7 Å². The van der Waals surface area contributed by atoms with E-state index in [1.54, 1.807) is 14.1 Å². The molecule has 0 bridgehead atoms. The number of pyridine rings is 1. The molecule has 0 saturated heterocycles. The first-order chi connectivity index (χ1) is 8.00. The van der Waals surface area contributed by atoms with E-state index in [2.05, 4.69) is 4.98 Å². The van der Waals surface area contributed by atoms with E-state index >= 15 is 0 Å². The molecule has 0 atom stereocenters. The number of carbonyl (C=O) groups excluding carboxylic acids is 1. The summed E-state index contributed by atoms with van der Waals surface area (Å²) in [6.45, 7) is 1.98. The van der Waals surface area contributed by atoms with Crippen molar-refractivity contribution in [3.63, 3.8) is 0 Å². The van der Waals surface area contributed by atoms with Crippen LogP contribution in [0.5, 0.6) is 0 Å². The van der Waals surface area contributed by atoms with E-state index in [9.17, 15) is 4.79 Å². The summed E-state index contributed by atoms with van der Waals surface area (Å²) >= 11 is 6.26. The zero-order valence-corrected chi connectivity index (χ0v) is 10.7. The molecule has 3 nitrogen and oxygen atoms in total. The van der Waals surface area contributed by atoms with Crippen LogP contribution < -0.4 is 0 Å². The van der Waals surface area contributed by atoms with Gasteiger partial charge in [0.05, 0.1) is 16.1 Å². The van der Waals surface area contributed by atoms with E-state index in [1.807, 2.05) is 25.1 Å². The molecular formula is C13H13ClN2O. The van der Waals surface area contributed by atoms with Gasteiger partial charge in [0.2, 0.25) is 0 Å². The molecule has 0 aliphatic carbocycles. The lowest BCUT2D eigenvalue weighted by Gasteiger charge is -2.12. The number of aromatic nitrogens is 1. The molecule has 4 heteroatoms. The van der Waals surface area contributed by atoms with Crippen LogP contribution in [0, 0.1) is 6.92 Å². The quantitative estimate of drug-likeness (QED) is 0.778. The third-order valence-corrected chi connectivity index (χ3v) is 3.00. The summed E-state index contributed by atoms with van der Waals surface area (Å²) in [6, 6.07) is 5.82. The highest BCUT2D eigenvalue weighted by Gasteiger charge is 2.15. The van der Waals surface area contributed by atoms with Gasteiger partial charge < -0.3 is 4.90 Å². The zero-order valence-electron chi connectivity index (χ0n) is 9.99. The second kappa shape index (κ2) is 4.34. The molecule has 2 rings (SSSR count). The van der Waals surface area contributed by atoms with E-state index in [4.69, 9.17) is 11.6 Å². The first-order valence-electron chi connectivity index (χ1n) is 5.27. The molecule has 0 radical (unpaired) electrons. The standard InChI is InChI=1S/C13H13ClN2O/c1-8-4-5-11-9(6-8)12(14)10(7-15-11)13(17)16(2)3/h4-7H,1-3H3. The van der Waals surface area contributed by atoms with E-state index < -0.39 is 0 Å². The Balaban J connectivity index is 2.68. The minimum atomic E-state index is -0.133. The highest BCUT2D eigenvalue weighted by Crippen LogP contribution is 2.27. The number of fused-ring (bicyclic) bond motifs is 1. The van der Waals surface area contributed by atoms with Crippen molar-refractivity contribution in [2.45, 2.75) is 6.92 Å². The molecule has 1 aromatic heterocycles. The number of halogens is 1. The van der Waals surface area contributed by atoms with Gasteiger partial charge in [0.25, 0.3) is 5.91 Å². The maximum Gasteiger partial charge on any atom is 0.256 e. The number of aryl methyl sites for hydroxylation is 1. The molecule has 17 heavy (non-hydrogen) atoms. The number of benzene rings is 1. The second-order valence-corrected chi connectivity index (χ2v) is 4.58. The number of nitrogens with zero attached hydrogens (tertiary/aromatic N) is 2. The fourth-order valence-electron chi connectivity index (χ4n) is 1.66. The van der Waals surface area contributed by atoms with Crippen LogP contribution in [0.3, 0.4) is 0 Å². The van der Waals surface area contributed by atoms with Gasteiger partial charge in [-0.1, -0.05) is 23.2 Å². The number of hydrogen-bond donors (Lipinski definition) is 0. The number of carbonyl (C=O) groups is 1. The Bertz CT molecular complexity index is 593. The van der Waals surface area contributed by atoms with Crippen molar-refractivity contribution < 1.29 is 4.79 Å². The number of amides is 1. The van der Waals surface area contributed by atoms with Crippen molar-refractivity contribution in [1.82, 2.24) is 9.88 Å². The normalized spacial score (nSPS) is 10.6. The van der Waals surface area contributed by atoms with Crippen LogP contribution in [0.15, 0.2) is 24.4 Å². The summed E-state index contributed by atoms with van der Waals surface area (Å²) in [5.74, 6) is -0.133. The SMILES string of the molecule is Cc1ccc2ncc(C(=O)N(C)C)c(Cl)c2c1. The average Bonchev–Trinajstić information content (AvgIpc) is 2.29. The van der Waals surface area contributed by atoms with Crippen molar-refractivity contribution in [3.8, 4) is 0 Å². The Hall–Kier alpha value is -1.61. The smallest absolute Gasteiger partial charge is 0.256 e. The summed E-state index contributed by atoms with van der Waals surface area (Å²) in [4.78, 5) is 17.6. The lowest BCUT2D eigenvalue weighted by Crippen LogP contribution is -2.22. The monoisotopic (exact) mass is 248 g/mol. The van der Waals surface area contributed by atoms with Crippen molar-refractivity contribution in [2.75, 3.05) is 14.1 Å². The van der Waals surface area contributed by atoms with E-state index in [-0.39, 0.29) is 5.91 Å². The maximum absolute atomic E-state index is 11.9. The summed E-state index contributed by atoms with van der Waals surface area (Å²) in [5, 5.41) is 1.29. The molecule has 1 heterocycles. The third kappa shape index (κ3) is 2.11. The molecule has 88 valence electrons. The first-order valence-corrected chi connectivity index (χ1v) is 5.65. The van der Waals surface area contributed by atoms with Crippen LogP contribution in [0.25, 0.3) is 10.9 Å². The summed E-state index contributed by atoms with van der Waals surface area (Å²) in [5.41, 5.74) is 2.33. The first kappa shape index (κ1) is 11.9. The Labute approximate surface area is 105 Å². The van der Waals surface area contributed by atoms with Crippen LogP contribution in [-0.4, -0.2) is 29.9 Å². The topological polar surface area (TPSA) is 33.2 Å². The average molecular weight is 249 g/mol. The van der Waals surface area contributed by atoms with Crippen molar-refractivity contribution >= 4 is 28.4 Å². The van der Waals surface area contributed by atoms with Gasteiger partial charge in [-0.15, -0.1) is 0 Å². The highest BCUT2D eigenvalue weighted by atomic mass is 35.5. The molecule has 0 saturated carbocycles. The third-order valence-electron chi connectivity index (χ3n) is 2.59. The van der Waals surface area contributed by atoms with Gasteiger partial charge in [-0.3, -0.25) is 9.78 Å². The minimum absolute atomic E-state index is 0.133. The molecule has 2 aromatic rings. The van der Waals surface area contributed by atoms with Gasteiger partial charge in [0.15, 0.2) is 0 Å². The van der Waals surface area contributed by atoms with E-state index in [0.29, 0.717) is 10.6 Å². The fourth-order valence-corrected chi connectivity index (χ4v) is 1.95. The van der Waals surface area contributed by atoms with Crippen LogP contribution in [0.4, 0.5) is 0 Å². The van der Waals surface area contributed by atoms with Crippen LogP contribution >= 0.6 is 11.6 Å². The maximum atomic E-state index is 11.9. The summed E-state index contributed by atoms with van der Waals surface area (Å²) < 4.78 is 0. The van der Waals surface area contributed by atoms with Gasteiger partial charge in [-0.2, -0.15) is 0 Å².